The Morgan fingerprint density at radius 2 is 1.85 bits per heavy atom. The lowest BCUT2D eigenvalue weighted by atomic mass is 10.0. The van der Waals surface area contributed by atoms with Crippen LogP contribution < -0.4 is 14.8 Å². The lowest BCUT2D eigenvalue weighted by Crippen LogP contribution is -2.31. The summed E-state index contributed by atoms with van der Waals surface area (Å²) in [4.78, 5) is 25.4. The van der Waals surface area contributed by atoms with Gasteiger partial charge in [0.15, 0.2) is 0 Å². The molecule has 2 N–H and O–H groups in total. The maximum atomic E-state index is 13.1. The van der Waals surface area contributed by atoms with Gasteiger partial charge in [0, 0.05) is 56.9 Å². The molecule has 0 unspecified atom stereocenters. The Balaban J connectivity index is 1.37. The molecule has 0 saturated heterocycles. The molecule has 1 aliphatic rings. The highest BCUT2D eigenvalue weighted by atomic mass is 32.2. The first-order valence-corrected chi connectivity index (χ1v) is 13.7. The van der Waals surface area contributed by atoms with Crippen molar-refractivity contribution >= 4 is 38.6 Å². The maximum Gasteiger partial charge on any atom is 0.411 e. The van der Waals surface area contributed by atoms with E-state index in [-0.39, 0.29) is 23.4 Å². The molecule has 9 nitrogen and oxygen atoms in total. The van der Waals surface area contributed by atoms with E-state index in [9.17, 15) is 18.0 Å². The fraction of sp³-hybridized carbons (Fsp3) is 0.290. The predicted molar refractivity (Wildman–Crippen MR) is 157 cm³/mol. The van der Waals surface area contributed by atoms with Crippen LogP contribution in [0.4, 0.5) is 10.5 Å². The number of fused-ring (bicyclic) bond motifs is 1. The van der Waals surface area contributed by atoms with Crippen molar-refractivity contribution < 1.29 is 42.6 Å². The molecule has 5 rings (SSSR count). The minimum atomic E-state index is -4.58. The van der Waals surface area contributed by atoms with Crippen molar-refractivity contribution in [3.05, 3.63) is 89.1 Å². The molecule has 214 valence electrons. The molecule has 1 heterocycles. The Hall–Kier alpha value is -4.31. The zero-order valence-electron chi connectivity index (χ0n) is 32.9. The van der Waals surface area contributed by atoms with E-state index in [4.69, 9.17) is 24.6 Å². The molecule has 10 heteroatoms. The van der Waals surface area contributed by atoms with E-state index in [0.29, 0.717) is 16.5 Å². The van der Waals surface area contributed by atoms with Crippen molar-refractivity contribution in [2.75, 3.05) is 12.4 Å². The summed E-state index contributed by atoms with van der Waals surface area (Å²) in [5.74, 6) is -0.799. The number of benzene rings is 3. The van der Waals surface area contributed by atoms with Gasteiger partial charge in [-0.15, -0.1) is 0 Å². The third-order valence-corrected chi connectivity index (χ3v) is 7.74. The number of carbonyl (C=O) groups excluding carboxylic acids is 2. The van der Waals surface area contributed by atoms with Crippen molar-refractivity contribution in [1.82, 2.24) is 9.29 Å². The van der Waals surface area contributed by atoms with Gasteiger partial charge in [0.1, 0.15) is 11.9 Å². The fourth-order valence-corrected chi connectivity index (χ4v) is 5.51. The van der Waals surface area contributed by atoms with E-state index >= 15 is 0 Å². The van der Waals surface area contributed by atoms with Gasteiger partial charge in [-0.2, -0.15) is 0 Å². The summed E-state index contributed by atoms with van der Waals surface area (Å²) in [6.07, 6.45) is -14.8. The number of methoxy groups -OCH3 is 1. The van der Waals surface area contributed by atoms with Gasteiger partial charge < -0.3 is 14.0 Å². The topological polar surface area (TPSA) is 116 Å². The van der Waals surface area contributed by atoms with E-state index in [1.165, 1.54) is 37.4 Å². The number of sulfonamides is 1. The van der Waals surface area contributed by atoms with Crippen molar-refractivity contribution in [2.45, 2.75) is 49.8 Å². The number of hydrogen-bond donors (Lipinski definition) is 2. The molecule has 0 bridgehead atoms. The van der Waals surface area contributed by atoms with E-state index in [2.05, 4.69) is 5.32 Å². The summed E-state index contributed by atoms with van der Waals surface area (Å²) in [7, 11) is -1.45. The predicted octanol–water partition coefficient (Wildman–Crippen LogP) is 5.70. The average molecular weight is 587 g/mol. The molecule has 2 amide bonds. The zero-order chi connectivity index (χ0) is 38.8. The number of amides is 2. The largest absolute Gasteiger partial charge is 0.496 e. The van der Waals surface area contributed by atoms with Gasteiger partial charge in [-0.05, 0) is 85.4 Å². The molecule has 1 fully saturated rings. The lowest BCUT2D eigenvalue weighted by molar-refractivity contribution is 0.0980. The standard InChI is InChI=1S/C31H33N3O6S/c1-20-8-4-7-11-29(20)41(37,38)33-30(35)22-13-12-21(28(17-22)39-3)16-23-19-34(2)27-15-14-24(18-26(23)27)32-31(36)40-25-9-5-6-10-25/h4,7-8,11-15,17-19,25H,5-6,9-10,16H2,1-3H3,(H,32,36)(H,33,35)/i1D3,5D2,6D2,9D2,10D2. The fourth-order valence-electron chi connectivity index (χ4n) is 4.42. The Morgan fingerprint density at radius 1 is 1.07 bits per heavy atom. The van der Waals surface area contributed by atoms with Crippen LogP contribution in [0.3, 0.4) is 0 Å². The van der Waals surface area contributed by atoms with Gasteiger partial charge in [-0.25, -0.2) is 17.9 Å². The average Bonchev–Trinajstić information content (AvgIpc) is 3.38. The second-order valence-corrected chi connectivity index (χ2v) is 10.7. The first kappa shape index (κ1) is 17.5. The van der Waals surface area contributed by atoms with Gasteiger partial charge in [0.25, 0.3) is 15.9 Å². The number of nitrogens with zero attached hydrogens (tertiary/aromatic N) is 1. The summed E-state index contributed by atoms with van der Waals surface area (Å²) in [6.45, 7) is -2.75. The highest BCUT2D eigenvalue weighted by Gasteiger charge is 2.22. The number of hydrogen-bond acceptors (Lipinski definition) is 6. The van der Waals surface area contributed by atoms with E-state index in [1.54, 1.807) is 36.0 Å². The number of nitrogens with one attached hydrogen (secondary N) is 2. The summed E-state index contributed by atoms with van der Waals surface area (Å²) in [5, 5.41) is 3.01. The number of carbonyl (C=O) groups is 2. The molecule has 4 aromatic rings. The molecule has 41 heavy (non-hydrogen) atoms. The van der Waals surface area contributed by atoms with Gasteiger partial charge in [-0.1, -0.05) is 24.3 Å². The van der Waals surface area contributed by atoms with Crippen molar-refractivity contribution in [2.24, 2.45) is 7.05 Å². The van der Waals surface area contributed by atoms with Crippen LogP contribution in [0.5, 0.6) is 5.75 Å². The van der Waals surface area contributed by atoms with Crippen molar-refractivity contribution in [3.63, 3.8) is 0 Å². The van der Waals surface area contributed by atoms with Crippen LogP contribution in [0.1, 0.15) is 67.6 Å². The minimum absolute atomic E-state index is 0.0874. The molecule has 3 aromatic carbocycles. The molecule has 1 aromatic heterocycles. The number of aromatic nitrogens is 1. The molecule has 0 radical (unpaired) electrons. The second-order valence-electron chi connectivity index (χ2n) is 9.08. The maximum absolute atomic E-state index is 13.1. The Morgan fingerprint density at radius 3 is 2.61 bits per heavy atom. The molecular formula is C31H33N3O6S. The van der Waals surface area contributed by atoms with Crippen LogP contribution in [0.2, 0.25) is 0 Å². The summed E-state index contributed by atoms with van der Waals surface area (Å²) < 4.78 is 127. The molecular weight excluding hydrogens is 542 g/mol. The zero-order valence-corrected chi connectivity index (χ0v) is 22.8. The van der Waals surface area contributed by atoms with Crippen LogP contribution in [0.25, 0.3) is 10.9 Å². The number of rotatable bonds is 8. The van der Waals surface area contributed by atoms with Crippen LogP contribution in [-0.2, 0) is 28.2 Å². The third-order valence-electron chi connectivity index (χ3n) is 6.35. The molecule has 1 aliphatic carbocycles. The molecule has 0 spiro atoms. The van der Waals surface area contributed by atoms with Crippen molar-refractivity contribution in [3.8, 4) is 5.75 Å². The van der Waals surface area contributed by atoms with E-state index in [0.717, 1.165) is 17.6 Å². The Kier molecular flexibility index (Phi) is 4.97. The minimum Gasteiger partial charge on any atom is -0.496 e. The lowest BCUT2D eigenvalue weighted by Gasteiger charge is -2.13. The van der Waals surface area contributed by atoms with Gasteiger partial charge in [0.2, 0.25) is 0 Å². The third kappa shape index (κ3) is 6.22. The highest BCUT2D eigenvalue weighted by Crippen LogP contribution is 2.30. The SMILES string of the molecule is [2H]C([2H])([2H])c1ccccc1S(=O)(=O)NC(=O)c1ccc(Cc2cn(C)c3ccc(NC(=O)OC4C([2H])([2H])C([2H])([2H])C([2H])([2H])C4([2H])[2H])cc23)c(OC)c1. The highest BCUT2D eigenvalue weighted by molar-refractivity contribution is 7.90. The number of anilines is 1. The van der Waals surface area contributed by atoms with Crippen LogP contribution >= 0.6 is 0 Å². The van der Waals surface area contributed by atoms with Crippen LogP contribution in [-0.4, -0.2) is 38.2 Å². The van der Waals surface area contributed by atoms with Crippen LogP contribution in [0.15, 0.2) is 71.8 Å². The number of aryl methyl sites for hydroxylation is 2. The normalized spacial score (nSPS) is 22.9. The van der Waals surface area contributed by atoms with E-state index in [1.807, 2.05) is 4.72 Å². The molecule has 0 atom stereocenters. The molecule has 0 aliphatic heterocycles. The van der Waals surface area contributed by atoms with Crippen molar-refractivity contribution in [1.29, 1.82) is 0 Å². The van der Waals surface area contributed by atoms with Gasteiger partial charge >= 0.3 is 6.09 Å². The first-order chi connectivity index (χ1) is 23.9. The smallest absolute Gasteiger partial charge is 0.411 e. The Labute approximate surface area is 255 Å². The molecule has 1 saturated carbocycles. The van der Waals surface area contributed by atoms with Gasteiger partial charge in [0.05, 0.1) is 12.0 Å². The Bertz CT molecular complexity index is 2160. The van der Waals surface area contributed by atoms with Gasteiger partial charge in [-0.3, -0.25) is 10.1 Å². The number of ether oxygens (including phenoxy) is 2. The van der Waals surface area contributed by atoms with E-state index < -0.39 is 70.9 Å². The summed E-state index contributed by atoms with van der Waals surface area (Å²) >= 11 is 0. The first-order valence-electron chi connectivity index (χ1n) is 17.8. The summed E-state index contributed by atoms with van der Waals surface area (Å²) in [5.41, 5.74) is 1.62. The summed E-state index contributed by atoms with van der Waals surface area (Å²) in [6, 6.07) is 13.9. The second kappa shape index (κ2) is 11.7. The quantitative estimate of drug-likeness (QED) is 0.274. The monoisotopic (exact) mass is 586 g/mol. The van der Waals surface area contributed by atoms with Crippen LogP contribution in [0, 0.1) is 6.85 Å².